The fourth-order valence-electron chi connectivity index (χ4n) is 2.34. The second-order valence-electron chi connectivity index (χ2n) is 5.38. The maximum absolute atomic E-state index is 6.50. The van der Waals surface area contributed by atoms with Gasteiger partial charge < -0.3 is 10.9 Å². The first kappa shape index (κ1) is 25.8. The van der Waals surface area contributed by atoms with E-state index in [1.165, 1.54) is 89.9 Å². The predicted octanol–water partition coefficient (Wildman–Crippen LogP) is 5.79. The highest BCUT2D eigenvalue weighted by atomic mass is 16.4. The summed E-state index contributed by atoms with van der Waals surface area (Å²) in [4.78, 5) is 0. The van der Waals surface area contributed by atoms with Gasteiger partial charge in [-0.1, -0.05) is 104 Å². The maximum atomic E-state index is 6.50. The summed E-state index contributed by atoms with van der Waals surface area (Å²) < 4.78 is 0. The summed E-state index contributed by atoms with van der Waals surface area (Å²) in [5.41, 5.74) is 5.47. The predicted molar refractivity (Wildman–Crippen MR) is 96.7 cm³/mol. The Hall–Kier alpha value is -0.120. The summed E-state index contributed by atoms with van der Waals surface area (Å²) in [6.07, 6.45) is 19.9. The fraction of sp³-hybridized carbons (Fsp3) is 1.00. The molecule has 3 nitrogen and oxygen atoms in total. The first-order valence-electron chi connectivity index (χ1n) is 9.37. The van der Waals surface area contributed by atoms with Crippen LogP contribution in [0.1, 0.15) is 111 Å². The van der Waals surface area contributed by atoms with Crippen molar-refractivity contribution in [3.63, 3.8) is 0 Å². The lowest BCUT2D eigenvalue weighted by Gasteiger charge is -2.02. The molecule has 132 valence electrons. The van der Waals surface area contributed by atoms with Gasteiger partial charge in [0.25, 0.3) is 0 Å². The van der Waals surface area contributed by atoms with Crippen LogP contribution in [0.15, 0.2) is 0 Å². The van der Waals surface area contributed by atoms with Crippen LogP contribution in [0, 0.1) is 0 Å². The highest BCUT2D eigenvalue weighted by Gasteiger charge is 1.93. The molecule has 0 aromatic rings. The Kier molecular flexibility index (Phi) is 39.3. The molecule has 0 heterocycles. The van der Waals surface area contributed by atoms with Gasteiger partial charge in [0.15, 0.2) is 0 Å². The van der Waals surface area contributed by atoms with Crippen molar-refractivity contribution >= 4 is 0 Å². The minimum absolute atomic E-state index is 0.873. The minimum Gasteiger partial charge on any atom is -0.330 e. The molecule has 0 saturated heterocycles. The molecule has 3 heteroatoms. The summed E-state index contributed by atoms with van der Waals surface area (Å²) >= 11 is 0. The number of hydrogen-bond donors (Lipinski definition) is 3. The molecule has 0 aliphatic heterocycles. The highest BCUT2D eigenvalue weighted by molar-refractivity contribution is 4.49. The van der Waals surface area contributed by atoms with Crippen LogP contribution in [0.2, 0.25) is 0 Å². The fourth-order valence-corrected chi connectivity index (χ4v) is 2.34. The Morgan fingerprint density at radius 3 is 1.00 bits per heavy atom. The van der Waals surface area contributed by atoms with Crippen LogP contribution in [0.4, 0.5) is 0 Å². The van der Waals surface area contributed by atoms with Gasteiger partial charge in [-0.3, -0.25) is 0 Å². The Labute approximate surface area is 134 Å². The van der Waals surface area contributed by atoms with E-state index < -0.39 is 0 Å². The molecular formula is C18H44N2O. The summed E-state index contributed by atoms with van der Waals surface area (Å²) in [5, 5.41) is 6.50. The average molecular weight is 305 g/mol. The highest BCUT2D eigenvalue weighted by Crippen LogP contribution is 2.12. The van der Waals surface area contributed by atoms with Gasteiger partial charge in [-0.05, 0) is 13.0 Å². The van der Waals surface area contributed by atoms with E-state index in [-0.39, 0.29) is 0 Å². The lowest BCUT2D eigenvalue weighted by atomic mass is 10.0. The number of hydrogen-bond acceptors (Lipinski definition) is 3. The van der Waals surface area contributed by atoms with Gasteiger partial charge in [0, 0.05) is 0 Å². The Bertz CT molecular complexity index is 118. The Morgan fingerprint density at radius 1 is 0.524 bits per heavy atom. The summed E-state index contributed by atoms with van der Waals surface area (Å²) in [7, 11) is 0. The molecule has 0 aliphatic rings. The van der Waals surface area contributed by atoms with Gasteiger partial charge >= 0.3 is 0 Å². The Balaban J connectivity index is -0.000000739. The van der Waals surface area contributed by atoms with E-state index in [0.717, 1.165) is 6.54 Å². The molecule has 0 unspecified atom stereocenters. The quantitative estimate of drug-likeness (QED) is 0.281. The first-order chi connectivity index (χ1) is 10.4. The minimum atomic E-state index is 0.873. The third-order valence-electron chi connectivity index (χ3n) is 3.56. The molecule has 21 heavy (non-hydrogen) atoms. The summed E-state index contributed by atoms with van der Waals surface area (Å²) in [5.74, 6) is 3.50. The van der Waals surface area contributed by atoms with Gasteiger partial charge in [0.05, 0.1) is 0 Å². The molecule has 0 amide bonds. The standard InChI is InChI=1S/C16H35N.C2H6.H3NO/c1-2-3-4-5-6-7-8-9-10-11-12-13-14-15-16-17;2*1-2/h2-17H2,1H3;1-2H3;2H,1H2. The van der Waals surface area contributed by atoms with Crippen molar-refractivity contribution < 1.29 is 5.21 Å². The van der Waals surface area contributed by atoms with E-state index in [0.29, 0.717) is 0 Å². The van der Waals surface area contributed by atoms with E-state index in [4.69, 9.17) is 10.9 Å². The molecular weight excluding hydrogens is 260 g/mol. The zero-order valence-electron chi connectivity index (χ0n) is 15.2. The Morgan fingerprint density at radius 2 is 0.762 bits per heavy atom. The summed E-state index contributed by atoms with van der Waals surface area (Å²) in [6, 6.07) is 0. The van der Waals surface area contributed by atoms with E-state index in [1.807, 2.05) is 13.8 Å². The SMILES string of the molecule is CC.CCCCCCCCCCCCCCCCN.NO. The monoisotopic (exact) mass is 304 g/mol. The van der Waals surface area contributed by atoms with Crippen LogP contribution >= 0.6 is 0 Å². The van der Waals surface area contributed by atoms with Crippen LogP contribution < -0.4 is 11.6 Å². The molecule has 0 rings (SSSR count). The first-order valence-corrected chi connectivity index (χ1v) is 9.37. The van der Waals surface area contributed by atoms with Crippen molar-refractivity contribution in [1.29, 1.82) is 0 Å². The molecule has 0 fully saturated rings. The van der Waals surface area contributed by atoms with Gasteiger partial charge in [-0.2, -0.15) is 0 Å². The van der Waals surface area contributed by atoms with Crippen LogP contribution in [-0.2, 0) is 0 Å². The molecule has 0 aliphatic carbocycles. The van der Waals surface area contributed by atoms with Crippen molar-refractivity contribution in [3.05, 3.63) is 0 Å². The summed E-state index contributed by atoms with van der Waals surface area (Å²) in [6.45, 7) is 7.16. The van der Waals surface area contributed by atoms with Gasteiger partial charge in [0.2, 0.25) is 0 Å². The zero-order chi connectivity index (χ0) is 16.6. The molecule has 0 atom stereocenters. The topological polar surface area (TPSA) is 72.3 Å². The third kappa shape index (κ3) is 33.0. The molecule has 0 aromatic carbocycles. The lowest BCUT2D eigenvalue weighted by molar-refractivity contribution is 0.311. The number of unbranched alkanes of at least 4 members (excludes halogenated alkanes) is 13. The largest absolute Gasteiger partial charge is 0.330 e. The van der Waals surface area contributed by atoms with Gasteiger partial charge in [-0.25, -0.2) is 5.90 Å². The van der Waals surface area contributed by atoms with Crippen molar-refractivity contribution in [2.75, 3.05) is 6.54 Å². The van der Waals surface area contributed by atoms with E-state index in [9.17, 15) is 0 Å². The number of rotatable bonds is 14. The molecule has 0 spiro atoms. The third-order valence-corrected chi connectivity index (χ3v) is 3.56. The second-order valence-corrected chi connectivity index (χ2v) is 5.38. The molecule has 0 bridgehead atoms. The van der Waals surface area contributed by atoms with Crippen molar-refractivity contribution in [2.45, 2.75) is 111 Å². The molecule has 5 N–H and O–H groups in total. The van der Waals surface area contributed by atoms with Crippen LogP contribution in [-0.4, -0.2) is 11.8 Å². The van der Waals surface area contributed by atoms with Gasteiger partial charge in [0.1, 0.15) is 0 Å². The van der Waals surface area contributed by atoms with Crippen LogP contribution in [0.5, 0.6) is 0 Å². The molecule has 0 aromatic heterocycles. The molecule has 0 saturated carbocycles. The van der Waals surface area contributed by atoms with E-state index in [1.54, 1.807) is 0 Å². The average Bonchev–Trinajstić information content (AvgIpc) is 2.56. The van der Waals surface area contributed by atoms with Crippen LogP contribution in [0.3, 0.4) is 0 Å². The van der Waals surface area contributed by atoms with Crippen molar-refractivity contribution in [3.8, 4) is 0 Å². The van der Waals surface area contributed by atoms with E-state index in [2.05, 4.69) is 12.8 Å². The smallest absolute Gasteiger partial charge is 0.00773 e. The maximum Gasteiger partial charge on any atom is -0.00773 e. The second kappa shape index (κ2) is 32.0. The number of nitrogens with two attached hydrogens (primary N) is 2. The van der Waals surface area contributed by atoms with Gasteiger partial charge in [-0.15, -0.1) is 0 Å². The van der Waals surface area contributed by atoms with Crippen molar-refractivity contribution in [2.24, 2.45) is 11.6 Å². The van der Waals surface area contributed by atoms with E-state index >= 15 is 0 Å². The lowest BCUT2D eigenvalue weighted by Crippen LogP contribution is -1.97. The molecule has 0 radical (unpaired) electrons. The van der Waals surface area contributed by atoms with Crippen molar-refractivity contribution in [1.82, 2.24) is 0 Å². The van der Waals surface area contributed by atoms with Crippen LogP contribution in [0.25, 0.3) is 0 Å². The normalized spacial score (nSPS) is 9.43. The zero-order valence-corrected chi connectivity index (χ0v) is 15.2.